The topological polar surface area (TPSA) is 52.7 Å². The molecule has 27 heavy (non-hydrogen) atoms. The van der Waals surface area contributed by atoms with Crippen LogP contribution in [0.1, 0.15) is 12.8 Å². The van der Waals surface area contributed by atoms with Crippen molar-refractivity contribution in [3.05, 3.63) is 42.5 Å². The molecule has 2 heterocycles. The van der Waals surface area contributed by atoms with E-state index in [0.29, 0.717) is 18.0 Å². The van der Waals surface area contributed by atoms with Crippen LogP contribution in [-0.2, 0) is 10.0 Å². The predicted octanol–water partition coefficient (Wildman–Crippen LogP) is 2.57. The first-order valence-corrected chi connectivity index (χ1v) is 11.0. The van der Waals surface area contributed by atoms with Crippen LogP contribution in [0.2, 0.25) is 0 Å². The zero-order chi connectivity index (χ0) is 18.0. The number of piperidine rings is 1. The lowest BCUT2D eigenvalue weighted by Gasteiger charge is -2.36. The Morgan fingerprint density at radius 1 is 0.926 bits per heavy atom. The summed E-state index contributed by atoms with van der Waals surface area (Å²) in [7, 11) is -3.41. The highest BCUT2D eigenvalue weighted by Crippen LogP contribution is 2.23. The Hall–Kier alpha value is -1.18. The molecule has 0 spiro atoms. The molecule has 0 radical (unpaired) electrons. The number of nitrogens with zero attached hydrogens (tertiary/aromatic N) is 2. The van der Waals surface area contributed by atoms with Gasteiger partial charge in [0.05, 0.1) is 4.90 Å². The van der Waals surface area contributed by atoms with Gasteiger partial charge in [-0.05, 0) is 54.8 Å². The summed E-state index contributed by atoms with van der Waals surface area (Å²) in [6, 6.07) is 13.3. The van der Waals surface area contributed by atoms with Gasteiger partial charge in [-0.3, -0.25) is 0 Å². The van der Waals surface area contributed by atoms with Crippen molar-refractivity contribution in [1.82, 2.24) is 14.5 Å². The number of sulfonamides is 1. The molecule has 1 N–H and O–H groups in total. The molecule has 2 aliphatic rings. The van der Waals surface area contributed by atoms with Gasteiger partial charge in [0, 0.05) is 32.7 Å². The van der Waals surface area contributed by atoms with E-state index in [-0.39, 0.29) is 12.4 Å². The lowest BCUT2D eigenvalue weighted by molar-refractivity contribution is 0.152. The summed E-state index contributed by atoms with van der Waals surface area (Å²) < 4.78 is 27.7. The van der Waals surface area contributed by atoms with Crippen LogP contribution in [0.25, 0.3) is 10.8 Å². The summed E-state index contributed by atoms with van der Waals surface area (Å²) in [5, 5.41) is 5.44. The van der Waals surface area contributed by atoms with E-state index in [0.717, 1.165) is 49.4 Å². The first-order chi connectivity index (χ1) is 12.6. The first kappa shape index (κ1) is 20.6. The van der Waals surface area contributed by atoms with Gasteiger partial charge >= 0.3 is 0 Å². The molecule has 0 aromatic heterocycles. The van der Waals surface area contributed by atoms with Gasteiger partial charge in [0.1, 0.15) is 0 Å². The van der Waals surface area contributed by atoms with Gasteiger partial charge in [-0.1, -0.05) is 30.3 Å². The van der Waals surface area contributed by atoms with Gasteiger partial charge < -0.3 is 10.2 Å². The number of fused-ring (bicyclic) bond motifs is 1. The first-order valence-electron chi connectivity index (χ1n) is 9.55. The molecular formula is C20H28ClN3O2S. The van der Waals surface area contributed by atoms with Gasteiger partial charge in [-0.2, -0.15) is 4.31 Å². The largest absolute Gasteiger partial charge is 0.317 e. The van der Waals surface area contributed by atoms with Crippen LogP contribution in [0.5, 0.6) is 0 Å². The molecule has 0 aliphatic carbocycles. The average molecular weight is 410 g/mol. The van der Waals surface area contributed by atoms with Crippen molar-refractivity contribution in [2.45, 2.75) is 17.7 Å². The van der Waals surface area contributed by atoms with E-state index in [1.165, 1.54) is 12.8 Å². The molecule has 148 valence electrons. The molecule has 2 aromatic carbocycles. The van der Waals surface area contributed by atoms with Crippen LogP contribution in [0.15, 0.2) is 47.4 Å². The molecule has 2 aliphatic heterocycles. The Kier molecular flexibility index (Phi) is 6.76. The quantitative estimate of drug-likeness (QED) is 0.843. The highest BCUT2D eigenvalue weighted by molar-refractivity contribution is 7.89. The van der Waals surface area contributed by atoms with E-state index in [1.807, 2.05) is 30.3 Å². The third-order valence-electron chi connectivity index (χ3n) is 5.67. The van der Waals surface area contributed by atoms with E-state index >= 15 is 0 Å². The molecule has 2 aromatic rings. The van der Waals surface area contributed by atoms with Crippen molar-refractivity contribution < 1.29 is 8.42 Å². The molecule has 4 rings (SSSR count). The summed E-state index contributed by atoms with van der Waals surface area (Å²) in [5.41, 5.74) is 0. The Labute approximate surface area is 168 Å². The minimum absolute atomic E-state index is 0. The van der Waals surface area contributed by atoms with Gasteiger partial charge in [-0.15, -0.1) is 12.4 Å². The van der Waals surface area contributed by atoms with E-state index in [4.69, 9.17) is 0 Å². The second-order valence-electron chi connectivity index (χ2n) is 7.41. The summed E-state index contributed by atoms with van der Waals surface area (Å²) in [4.78, 5) is 2.84. The predicted molar refractivity (Wildman–Crippen MR) is 112 cm³/mol. The van der Waals surface area contributed by atoms with Crippen LogP contribution < -0.4 is 5.32 Å². The second-order valence-corrected chi connectivity index (χ2v) is 9.34. The summed E-state index contributed by atoms with van der Waals surface area (Å²) >= 11 is 0. The number of piperazine rings is 1. The number of halogens is 1. The number of rotatable bonds is 4. The summed E-state index contributed by atoms with van der Waals surface area (Å²) in [6.45, 7) is 6.15. The van der Waals surface area contributed by atoms with Crippen LogP contribution in [0, 0.1) is 5.92 Å². The Morgan fingerprint density at radius 2 is 1.59 bits per heavy atom. The maximum atomic E-state index is 13.0. The van der Waals surface area contributed by atoms with Gasteiger partial charge in [0.2, 0.25) is 10.0 Å². The van der Waals surface area contributed by atoms with Gasteiger partial charge in [-0.25, -0.2) is 8.42 Å². The second kappa shape index (κ2) is 8.88. The molecule has 0 unspecified atom stereocenters. The lowest BCUT2D eigenvalue weighted by Crippen LogP contribution is -2.50. The number of benzene rings is 2. The molecule has 0 atom stereocenters. The smallest absolute Gasteiger partial charge is 0.243 e. The molecule has 2 saturated heterocycles. The van der Waals surface area contributed by atoms with Crippen LogP contribution in [0.4, 0.5) is 0 Å². The normalized spacial score (nSPS) is 20.4. The summed E-state index contributed by atoms with van der Waals surface area (Å²) in [6.07, 6.45) is 2.46. The third kappa shape index (κ3) is 4.63. The minimum Gasteiger partial charge on any atom is -0.317 e. The van der Waals surface area contributed by atoms with Crippen molar-refractivity contribution in [1.29, 1.82) is 0 Å². The van der Waals surface area contributed by atoms with Crippen LogP contribution in [0.3, 0.4) is 0 Å². The highest BCUT2D eigenvalue weighted by Gasteiger charge is 2.29. The SMILES string of the molecule is Cl.O=S(=O)(c1ccc2ccccc2c1)N1CCN(CC2CCNCC2)CC1. The van der Waals surface area contributed by atoms with Crippen LogP contribution in [-0.4, -0.2) is 63.4 Å². The van der Waals surface area contributed by atoms with E-state index < -0.39 is 10.0 Å². The Morgan fingerprint density at radius 3 is 2.30 bits per heavy atom. The molecule has 7 heteroatoms. The number of nitrogens with one attached hydrogen (secondary N) is 1. The van der Waals surface area contributed by atoms with E-state index in [9.17, 15) is 8.42 Å². The van der Waals surface area contributed by atoms with Crippen LogP contribution >= 0.6 is 12.4 Å². The Balaban J connectivity index is 0.00000210. The van der Waals surface area contributed by atoms with E-state index in [1.54, 1.807) is 16.4 Å². The standard InChI is InChI=1S/C20H27N3O2S.ClH/c24-26(25,20-6-5-18-3-1-2-4-19(18)15-20)23-13-11-22(12-14-23)16-17-7-9-21-10-8-17;/h1-6,15,17,21H,7-14,16H2;1H. The van der Waals surface area contributed by atoms with Crippen molar-refractivity contribution in [3.63, 3.8) is 0 Å². The van der Waals surface area contributed by atoms with Crippen molar-refractivity contribution in [2.24, 2.45) is 5.92 Å². The molecule has 0 amide bonds. The maximum Gasteiger partial charge on any atom is 0.243 e. The molecule has 0 bridgehead atoms. The molecular weight excluding hydrogens is 382 g/mol. The summed E-state index contributed by atoms with van der Waals surface area (Å²) in [5.74, 6) is 0.750. The maximum absolute atomic E-state index is 13.0. The van der Waals surface area contributed by atoms with Gasteiger partial charge in [0.25, 0.3) is 0 Å². The molecule has 2 fully saturated rings. The number of hydrogen-bond donors (Lipinski definition) is 1. The fourth-order valence-electron chi connectivity index (χ4n) is 4.06. The third-order valence-corrected chi connectivity index (χ3v) is 7.56. The van der Waals surface area contributed by atoms with Crippen molar-refractivity contribution in [2.75, 3.05) is 45.8 Å². The monoisotopic (exact) mass is 409 g/mol. The average Bonchev–Trinajstić information content (AvgIpc) is 2.69. The number of hydrogen-bond acceptors (Lipinski definition) is 4. The minimum atomic E-state index is -3.41. The zero-order valence-corrected chi connectivity index (χ0v) is 17.1. The molecule has 5 nitrogen and oxygen atoms in total. The molecule has 0 saturated carbocycles. The fraction of sp³-hybridized carbons (Fsp3) is 0.500. The fourth-order valence-corrected chi connectivity index (χ4v) is 5.52. The zero-order valence-electron chi connectivity index (χ0n) is 15.5. The van der Waals surface area contributed by atoms with Crippen molar-refractivity contribution >= 4 is 33.2 Å². The van der Waals surface area contributed by atoms with Crippen molar-refractivity contribution in [3.8, 4) is 0 Å². The Bertz CT molecular complexity index is 860. The van der Waals surface area contributed by atoms with Gasteiger partial charge in [0.15, 0.2) is 0 Å². The lowest BCUT2D eigenvalue weighted by atomic mass is 9.97. The van der Waals surface area contributed by atoms with E-state index in [2.05, 4.69) is 10.2 Å². The highest BCUT2D eigenvalue weighted by atomic mass is 35.5.